The van der Waals surface area contributed by atoms with E-state index in [0.29, 0.717) is 50.1 Å². The first-order chi connectivity index (χ1) is 37.5. The average Bonchev–Trinajstić information content (AvgIpc) is 4.21. The molecule has 5 N–H and O–H groups in total. The van der Waals surface area contributed by atoms with Crippen molar-refractivity contribution in [2.24, 2.45) is 28.0 Å². The highest BCUT2D eigenvalue weighted by Gasteiger charge is 2.33. The Morgan fingerprint density at radius 1 is 0.679 bits per heavy atom. The van der Waals surface area contributed by atoms with Gasteiger partial charge in [-0.2, -0.15) is 48.7 Å². The SMILES string of the molecule is Cc1cc(N(c2nc3ccc(S(=O)(=O)O)cc3s2)c2c(CC(C)C)ccc(S(=O)(=O)O)c2C)nc(Nc2c(CC(C)C)ccc(S(=O)(=O)O)c2CC(C)C)c1N=Nc1c(C#N)c(C(C)(C)C)nn1-c1nc2ccc(S(=O)(=O)O)cc2s1. The lowest BCUT2D eigenvalue weighted by Crippen LogP contribution is -2.18. The highest BCUT2D eigenvalue weighted by molar-refractivity contribution is 7.86. The molecule has 0 bridgehead atoms. The lowest BCUT2D eigenvalue weighted by atomic mass is 9.90. The lowest BCUT2D eigenvalue weighted by Gasteiger charge is -2.28. The number of nitrogens with one attached hydrogen (secondary N) is 1. The van der Waals surface area contributed by atoms with E-state index in [1.807, 2.05) is 62.3 Å². The molecule has 0 unspecified atom stereocenters. The molecule has 0 radical (unpaired) electrons. The van der Waals surface area contributed by atoms with Crippen molar-refractivity contribution in [3.63, 3.8) is 0 Å². The Labute approximate surface area is 477 Å². The Balaban J connectivity index is 1.49. The van der Waals surface area contributed by atoms with Crippen molar-refractivity contribution in [2.45, 2.75) is 120 Å². The van der Waals surface area contributed by atoms with Crippen LogP contribution in [-0.2, 0) is 65.1 Å². The van der Waals surface area contributed by atoms with Gasteiger partial charge >= 0.3 is 0 Å². The van der Waals surface area contributed by atoms with E-state index in [1.54, 1.807) is 30.0 Å². The van der Waals surface area contributed by atoms with Crippen LogP contribution in [0.1, 0.15) is 101 Å². The summed E-state index contributed by atoms with van der Waals surface area (Å²) in [6.07, 6.45) is 0.886. The summed E-state index contributed by atoms with van der Waals surface area (Å²) < 4.78 is 145. The number of aryl methyl sites for hydroxylation is 1. The summed E-state index contributed by atoms with van der Waals surface area (Å²) in [5.41, 5.74) is 2.51. The number of hydrogen-bond acceptors (Lipinski definition) is 19. The van der Waals surface area contributed by atoms with Crippen LogP contribution in [0.15, 0.2) is 96.5 Å². The molecule has 0 aliphatic rings. The largest absolute Gasteiger partial charge is 0.338 e. The molecule has 0 saturated carbocycles. The molecular formula is C53H58N10O12S6. The van der Waals surface area contributed by atoms with Gasteiger partial charge in [0.2, 0.25) is 5.13 Å². The number of nitriles is 1. The third-order valence-corrected chi connectivity index (χ3v) is 18.3. The van der Waals surface area contributed by atoms with Gasteiger partial charge in [0.25, 0.3) is 40.5 Å². The number of benzene rings is 4. The molecule has 0 aliphatic heterocycles. The molecule has 81 heavy (non-hydrogen) atoms. The van der Waals surface area contributed by atoms with E-state index in [-0.39, 0.29) is 101 Å². The van der Waals surface area contributed by atoms with E-state index in [9.17, 15) is 57.1 Å². The van der Waals surface area contributed by atoms with Crippen molar-refractivity contribution in [3.8, 4) is 11.2 Å². The second-order valence-electron chi connectivity index (χ2n) is 21.7. The van der Waals surface area contributed by atoms with Crippen molar-refractivity contribution in [1.29, 1.82) is 5.26 Å². The number of fused-ring (bicyclic) bond motifs is 2. The van der Waals surface area contributed by atoms with Crippen LogP contribution in [0.4, 0.5) is 39.6 Å². The van der Waals surface area contributed by atoms with Crippen LogP contribution >= 0.6 is 22.7 Å². The first kappa shape index (κ1) is 60.4. The van der Waals surface area contributed by atoms with Crippen LogP contribution in [0.2, 0.25) is 0 Å². The number of thiazole rings is 2. The summed E-state index contributed by atoms with van der Waals surface area (Å²) in [5, 5.41) is 28.9. The van der Waals surface area contributed by atoms with Crippen LogP contribution in [-0.4, -0.2) is 76.6 Å². The van der Waals surface area contributed by atoms with Gasteiger partial charge in [-0.25, -0.2) is 15.0 Å². The molecule has 0 saturated heterocycles. The molecule has 28 heteroatoms. The topological polar surface area (TPSA) is 338 Å². The van der Waals surface area contributed by atoms with Gasteiger partial charge in [-0.3, -0.25) is 23.1 Å². The molecule has 428 valence electrons. The number of rotatable bonds is 18. The van der Waals surface area contributed by atoms with Gasteiger partial charge in [0, 0.05) is 11.1 Å². The zero-order valence-electron chi connectivity index (χ0n) is 45.7. The number of nitrogens with zero attached hydrogens (tertiary/aromatic N) is 9. The fourth-order valence-electron chi connectivity index (χ4n) is 9.28. The standard InChI is InChI=1S/C53H58N10O12S6/c1-27(2)20-32-12-19-43(81(73,74)75)36(22-29(5)6)46(32)58-49-45(59-60-50-37(26-54)48(53(9,10)11)61-63(50)52-56-39-17-15-35(79(67,68)69)25-41(39)77-52)30(7)23-44(57-49)62(51-55-38-16-14-34(78(64,65)66)24-40(38)76-51)47-31(8)42(80(70,71)72)18-13-33(47)21-28(3)4/h12-19,23-25,27-29H,20-22H2,1-11H3,(H,57,58)(H,64,65,66)(H,67,68,69)(H,70,71,72)(H,73,74,75). The summed E-state index contributed by atoms with van der Waals surface area (Å²) in [6, 6.07) is 17.3. The Bertz CT molecular complexity index is 4380. The van der Waals surface area contributed by atoms with Gasteiger partial charge < -0.3 is 5.32 Å². The van der Waals surface area contributed by atoms with Gasteiger partial charge in [0.15, 0.2) is 16.8 Å². The van der Waals surface area contributed by atoms with Crippen molar-refractivity contribution in [1.82, 2.24) is 24.7 Å². The van der Waals surface area contributed by atoms with Crippen LogP contribution in [0.25, 0.3) is 25.6 Å². The zero-order valence-corrected chi connectivity index (χ0v) is 50.6. The summed E-state index contributed by atoms with van der Waals surface area (Å²) in [5.74, 6) is -0.328. The molecular weight excluding hydrogens is 1160 g/mol. The first-order valence-electron chi connectivity index (χ1n) is 25.1. The van der Waals surface area contributed by atoms with Crippen LogP contribution in [0, 0.1) is 42.9 Å². The molecule has 4 aromatic heterocycles. The van der Waals surface area contributed by atoms with Crippen molar-refractivity contribution < 1.29 is 51.9 Å². The molecule has 22 nitrogen and oxygen atoms in total. The maximum absolute atomic E-state index is 13.3. The smallest absolute Gasteiger partial charge is 0.294 e. The number of aromatic nitrogens is 5. The molecule has 8 aromatic rings. The highest BCUT2D eigenvalue weighted by Crippen LogP contribution is 2.48. The van der Waals surface area contributed by atoms with Crippen molar-refractivity contribution >= 4 is 123 Å². The van der Waals surface area contributed by atoms with Crippen LogP contribution in [0.3, 0.4) is 0 Å². The quantitative estimate of drug-likeness (QED) is 0.0393. The van der Waals surface area contributed by atoms with E-state index in [1.165, 1.54) is 60.1 Å². The minimum absolute atomic E-state index is 0.00575. The monoisotopic (exact) mass is 1220 g/mol. The Morgan fingerprint density at radius 3 is 1.77 bits per heavy atom. The summed E-state index contributed by atoms with van der Waals surface area (Å²) in [4.78, 5) is 14.8. The number of azo groups is 1. The number of hydrogen-bond donors (Lipinski definition) is 5. The minimum atomic E-state index is -4.88. The molecule has 8 rings (SSSR count). The second-order valence-corrected chi connectivity index (χ2v) is 29.3. The maximum atomic E-state index is 13.3. The second kappa shape index (κ2) is 22.3. The lowest BCUT2D eigenvalue weighted by molar-refractivity contribution is 0.479. The van der Waals surface area contributed by atoms with Gasteiger partial charge in [-0.15, -0.1) is 10.2 Å². The fourth-order valence-corrected chi connectivity index (χ4v) is 13.9. The molecule has 0 atom stereocenters. The normalized spacial score (nSPS) is 13.0. The maximum Gasteiger partial charge on any atom is 0.294 e. The van der Waals surface area contributed by atoms with E-state index in [4.69, 9.17) is 25.3 Å². The summed E-state index contributed by atoms with van der Waals surface area (Å²) in [7, 11) is -19.0. The average molecular weight is 1220 g/mol. The predicted octanol–water partition coefficient (Wildman–Crippen LogP) is 12.5. The van der Waals surface area contributed by atoms with Gasteiger partial charge in [-0.05, 0) is 133 Å². The molecule has 0 amide bonds. The molecule has 0 fully saturated rings. The van der Waals surface area contributed by atoms with E-state index in [2.05, 4.69) is 16.4 Å². The molecule has 4 aromatic carbocycles. The summed E-state index contributed by atoms with van der Waals surface area (Å²) in [6.45, 7) is 20.3. The third-order valence-electron chi connectivity index (χ3n) is 12.7. The first-order valence-corrected chi connectivity index (χ1v) is 32.5. The Hall–Kier alpha value is -6.65. The fraction of sp³-hybridized carbons (Fsp3) is 0.340. The van der Waals surface area contributed by atoms with Crippen LogP contribution < -0.4 is 10.2 Å². The van der Waals surface area contributed by atoms with Gasteiger partial charge in [0.05, 0.1) is 51.4 Å². The van der Waals surface area contributed by atoms with E-state index in [0.717, 1.165) is 22.7 Å². The van der Waals surface area contributed by atoms with E-state index >= 15 is 0 Å². The number of anilines is 5. The molecule has 0 spiro atoms. The predicted molar refractivity (Wildman–Crippen MR) is 311 cm³/mol. The zero-order chi connectivity index (χ0) is 59.6. The van der Waals surface area contributed by atoms with Crippen molar-refractivity contribution in [3.05, 3.63) is 106 Å². The van der Waals surface area contributed by atoms with Crippen molar-refractivity contribution in [2.75, 3.05) is 10.2 Å². The Kier molecular flexibility index (Phi) is 16.6. The van der Waals surface area contributed by atoms with Gasteiger partial charge in [-0.1, -0.05) is 97.1 Å². The minimum Gasteiger partial charge on any atom is -0.338 e. The summed E-state index contributed by atoms with van der Waals surface area (Å²) >= 11 is 1.98. The number of pyridine rings is 1. The third kappa shape index (κ3) is 12.9. The van der Waals surface area contributed by atoms with E-state index < -0.39 is 55.7 Å². The Morgan fingerprint density at radius 2 is 1.22 bits per heavy atom. The molecule has 0 aliphatic carbocycles. The van der Waals surface area contributed by atoms with Gasteiger partial charge in [0.1, 0.15) is 23.1 Å². The highest BCUT2D eigenvalue weighted by atomic mass is 32.2. The molecule has 4 heterocycles. The van der Waals surface area contributed by atoms with Crippen LogP contribution in [0.5, 0.6) is 0 Å².